The van der Waals surface area contributed by atoms with E-state index in [0.717, 1.165) is 0 Å². The molecule has 0 amide bonds. The maximum absolute atomic E-state index is 2.80. The quantitative estimate of drug-likeness (QED) is 0.166. The summed E-state index contributed by atoms with van der Waals surface area (Å²) >= 11 is 0. The van der Waals surface area contributed by atoms with Crippen molar-refractivity contribution in [1.82, 2.24) is 0 Å². The average Bonchev–Trinajstić information content (AvgIpc) is 3.55. The van der Waals surface area contributed by atoms with E-state index in [0.29, 0.717) is 0 Å². The lowest BCUT2D eigenvalue weighted by Gasteiger charge is -2.51. The van der Waals surface area contributed by atoms with Crippen LogP contribution in [0.1, 0.15) is 90.2 Å². The van der Waals surface area contributed by atoms with Crippen molar-refractivity contribution < 1.29 is 0 Å². The first-order chi connectivity index (χ1) is 26.3. The minimum Gasteiger partial charge on any atom is -0.334 e. The maximum atomic E-state index is 2.80. The summed E-state index contributed by atoms with van der Waals surface area (Å²) in [5.74, 6) is 0. The maximum Gasteiger partial charge on any atom is 0.0518 e. The monoisotopic (exact) mass is 700 g/mol. The van der Waals surface area contributed by atoms with E-state index >= 15 is 0 Å². The lowest BCUT2D eigenvalue weighted by atomic mass is 9.61. The van der Waals surface area contributed by atoms with Gasteiger partial charge >= 0.3 is 0 Å². The first-order valence-corrected chi connectivity index (χ1v) is 20.6. The third-order valence-electron chi connectivity index (χ3n) is 16.0. The van der Waals surface area contributed by atoms with E-state index in [9.17, 15) is 0 Å². The lowest BCUT2D eigenvalue weighted by Crippen LogP contribution is -2.54. The molecular formula is C52H48N2. The van der Waals surface area contributed by atoms with E-state index in [4.69, 9.17) is 0 Å². The molecule has 8 aromatic rings. The van der Waals surface area contributed by atoms with Crippen molar-refractivity contribution in [3.8, 4) is 0 Å². The predicted molar refractivity (Wildman–Crippen MR) is 231 cm³/mol. The average molecular weight is 701 g/mol. The zero-order chi connectivity index (χ0) is 36.2. The third-order valence-corrected chi connectivity index (χ3v) is 16.0. The van der Waals surface area contributed by atoms with Crippen molar-refractivity contribution in [2.75, 3.05) is 9.80 Å². The highest BCUT2D eigenvalue weighted by molar-refractivity contribution is 6.28. The van der Waals surface area contributed by atoms with Gasteiger partial charge in [-0.3, -0.25) is 0 Å². The van der Waals surface area contributed by atoms with Crippen LogP contribution in [0, 0.1) is 0 Å². The highest BCUT2D eigenvalue weighted by Gasteiger charge is 2.60. The Hall–Kier alpha value is -5.08. The van der Waals surface area contributed by atoms with E-state index in [-0.39, 0.29) is 21.9 Å². The van der Waals surface area contributed by atoms with E-state index in [1.165, 1.54) is 128 Å². The fraction of sp³-hybridized carbons (Fsp3) is 0.308. The Bertz CT molecular complexity index is 2690. The second-order valence-electron chi connectivity index (χ2n) is 18.3. The standard InChI is InChI=1S/C52H48N2/c1-49-29-9-11-31-51(49,3)53(43-27-19-33-13-5-7-15-37(33)47(43)49)41-25-21-35-18-24-40-42(26-22-36-17-23-39(41)45(35)46(36)40)54-44-28-20-34-14-6-8-16-38(34)48(44)50(2)30-10-12-32-52(50,54)4/h5-8,13-28H,9-12,29-32H2,1-4H3. The summed E-state index contributed by atoms with van der Waals surface area (Å²) in [5, 5.41) is 13.8. The summed E-state index contributed by atoms with van der Waals surface area (Å²) in [5.41, 5.74) is 8.72. The van der Waals surface area contributed by atoms with Crippen molar-refractivity contribution in [2.45, 2.75) is 101 Å². The molecule has 2 aliphatic heterocycles. The molecule has 0 saturated heterocycles. The molecule has 0 radical (unpaired) electrons. The molecule has 2 aliphatic carbocycles. The van der Waals surface area contributed by atoms with Gasteiger partial charge in [0.05, 0.1) is 11.1 Å². The van der Waals surface area contributed by atoms with Gasteiger partial charge in [0.15, 0.2) is 0 Å². The fourth-order valence-corrected chi connectivity index (χ4v) is 13.0. The zero-order valence-electron chi connectivity index (χ0n) is 32.1. The minimum atomic E-state index is -0.0200. The van der Waals surface area contributed by atoms with Crippen LogP contribution in [0.3, 0.4) is 0 Å². The van der Waals surface area contributed by atoms with E-state index in [1.807, 2.05) is 0 Å². The van der Waals surface area contributed by atoms with Crippen LogP contribution < -0.4 is 9.80 Å². The van der Waals surface area contributed by atoms with Gasteiger partial charge in [-0.25, -0.2) is 0 Å². The molecule has 0 N–H and O–H groups in total. The Morgan fingerprint density at radius 3 is 1.19 bits per heavy atom. The van der Waals surface area contributed by atoms with Gasteiger partial charge in [-0.1, -0.05) is 137 Å². The number of rotatable bonds is 2. The molecule has 12 rings (SSSR count). The first-order valence-electron chi connectivity index (χ1n) is 20.6. The summed E-state index contributed by atoms with van der Waals surface area (Å²) in [4.78, 5) is 5.61. The van der Waals surface area contributed by atoms with Crippen LogP contribution in [0.2, 0.25) is 0 Å². The molecule has 4 aliphatic rings. The second kappa shape index (κ2) is 10.4. The second-order valence-corrected chi connectivity index (χ2v) is 18.3. The van der Waals surface area contributed by atoms with Gasteiger partial charge in [-0.15, -0.1) is 0 Å². The van der Waals surface area contributed by atoms with Crippen LogP contribution in [0.25, 0.3) is 53.9 Å². The topological polar surface area (TPSA) is 6.48 Å². The number of nitrogens with zero attached hydrogens (tertiary/aromatic N) is 2. The normalized spacial score (nSPS) is 27.6. The molecule has 2 saturated carbocycles. The van der Waals surface area contributed by atoms with E-state index in [2.05, 4.69) is 159 Å². The Kier molecular flexibility index (Phi) is 6.00. The SMILES string of the molecule is CC12CCCCC1(C)N(c1ccc3ccc4c(N5c6ccc7ccccc7c6C6(C)CCCCC56C)ccc5ccc1c3c54)c1ccc3ccccc3c12. The summed E-state index contributed by atoms with van der Waals surface area (Å²) in [6.45, 7) is 10.3. The Balaban J connectivity index is 1.13. The van der Waals surface area contributed by atoms with Crippen LogP contribution in [-0.4, -0.2) is 11.1 Å². The van der Waals surface area contributed by atoms with Crippen molar-refractivity contribution >= 4 is 76.6 Å². The number of hydrogen-bond donors (Lipinski definition) is 0. The third kappa shape index (κ3) is 3.55. The van der Waals surface area contributed by atoms with Crippen LogP contribution in [-0.2, 0) is 10.8 Å². The van der Waals surface area contributed by atoms with Gasteiger partial charge in [0.25, 0.3) is 0 Å². The van der Waals surface area contributed by atoms with Crippen molar-refractivity contribution in [3.63, 3.8) is 0 Å². The number of benzene rings is 8. The molecular weight excluding hydrogens is 653 g/mol. The number of hydrogen-bond acceptors (Lipinski definition) is 2. The first kappa shape index (κ1) is 31.3. The molecule has 2 heteroatoms. The molecule has 0 spiro atoms. The Morgan fingerprint density at radius 2 is 0.722 bits per heavy atom. The fourth-order valence-electron chi connectivity index (χ4n) is 13.0. The Morgan fingerprint density at radius 1 is 0.352 bits per heavy atom. The van der Waals surface area contributed by atoms with E-state index < -0.39 is 0 Å². The molecule has 0 bridgehead atoms. The van der Waals surface area contributed by atoms with Crippen molar-refractivity contribution in [2.24, 2.45) is 0 Å². The summed E-state index contributed by atoms with van der Waals surface area (Å²) in [6, 6.07) is 47.3. The van der Waals surface area contributed by atoms with Crippen molar-refractivity contribution in [1.29, 1.82) is 0 Å². The molecule has 8 aromatic carbocycles. The Labute approximate surface area is 318 Å². The largest absolute Gasteiger partial charge is 0.334 e. The van der Waals surface area contributed by atoms with Crippen molar-refractivity contribution in [3.05, 3.63) is 132 Å². The van der Waals surface area contributed by atoms with E-state index in [1.54, 1.807) is 11.1 Å². The van der Waals surface area contributed by atoms with Crippen LogP contribution in [0.15, 0.2) is 121 Å². The smallest absolute Gasteiger partial charge is 0.0518 e. The van der Waals surface area contributed by atoms with Crippen LogP contribution >= 0.6 is 0 Å². The van der Waals surface area contributed by atoms with Gasteiger partial charge in [0.2, 0.25) is 0 Å². The molecule has 266 valence electrons. The highest BCUT2D eigenvalue weighted by atomic mass is 15.3. The molecule has 2 fully saturated rings. The molecule has 4 unspecified atom stereocenters. The molecule has 4 atom stereocenters. The van der Waals surface area contributed by atoms with Gasteiger partial charge < -0.3 is 9.80 Å². The lowest BCUT2D eigenvalue weighted by molar-refractivity contribution is 0.196. The molecule has 2 nitrogen and oxygen atoms in total. The molecule has 2 heterocycles. The molecule has 54 heavy (non-hydrogen) atoms. The van der Waals surface area contributed by atoms with Crippen LogP contribution in [0.4, 0.5) is 22.7 Å². The van der Waals surface area contributed by atoms with Gasteiger partial charge in [-0.2, -0.15) is 0 Å². The summed E-state index contributed by atoms with van der Waals surface area (Å²) in [6.07, 6.45) is 9.95. The van der Waals surface area contributed by atoms with Gasteiger partial charge in [0, 0.05) is 44.4 Å². The van der Waals surface area contributed by atoms with Gasteiger partial charge in [-0.05, 0) is 118 Å². The zero-order valence-corrected chi connectivity index (χ0v) is 32.1. The summed E-state index contributed by atoms with van der Waals surface area (Å²) in [7, 11) is 0. The predicted octanol–water partition coefficient (Wildman–Crippen LogP) is 14.4. The number of fused-ring (bicyclic) bond motifs is 10. The number of anilines is 4. The summed E-state index contributed by atoms with van der Waals surface area (Å²) < 4.78 is 0. The van der Waals surface area contributed by atoms with Crippen LogP contribution in [0.5, 0.6) is 0 Å². The minimum absolute atomic E-state index is 0.0200. The molecule has 0 aromatic heterocycles. The van der Waals surface area contributed by atoms with Gasteiger partial charge in [0.1, 0.15) is 0 Å². The highest BCUT2D eigenvalue weighted by Crippen LogP contribution is 2.65.